The van der Waals surface area contributed by atoms with Crippen molar-refractivity contribution in [2.45, 2.75) is 50.0 Å². The van der Waals surface area contributed by atoms with Crippen molar-refractivity contribution in [3.8, 4) is 5.75 Å². The van der Waals surface area contributed by atoms with Crippen LogP contribution in [-0.2, 0) is 16.0 Å². The SMILES string of the molecule is COc1ccccc1CN1CC[C@]2(OC)CCC(OCCO)CC12. The summed E-state index contributed by atoms with van der Waals surface area (Å²) >= 11 is 0. The van der Waals surface area contributed by atoms with E-state index < -0.39 is 0 Å². The minimum atomic E-state index is -0.0545. The smallest absolute Gasteiger partial charge is 0.123 e. The van der Waals surface area contributed by atoms with Crippen molar-refractivity contribution in [1.82, 2.24) is 4.90 Å². The van der Waals surface area contributed by atoms with Crippen LogP contribution in [-0.4, -0.2) is 61.7 Å². The highest BCUT2D eigenvalue weighted by Crippen LogP contribution is 2.44. The van der Waals surface area contributed by atoms with Crippen molar-refractivity contribution >= 4 is 0 Å². The van der Waals surface area contributed by atoms with Gasteiger partial charge in [0.25, 0.3) is 0 Å². The number of aliphatic hydroxyl groups is 1. The number of ether oxygens (including phenoxy) is 3. The maximum Gasteiger partial charge on any atom is 0.123 e. The van der Waals surface area contributed by atoms with Crippen molar-refractivity contribution in [2.75, 3.05) is 34.0 Å². The summed E-state index contributed by atoms with van der Waals surface area (Å²) in [5.41, 5.74) is 1.16. The van der Waals surface area contributed by atoms with Gasteiger partial charge in [-0.05, 0) is 31.7 Å². The second-order valence-electron chi connectivity index (χ2n) is 6.81. The maximum atomic E-state index is 9.01. The fraction of sp³-hybridized carbons (Fsp3) is 0.684. The van der Waals surface area contributed by atoms with Crippen LogP contribution in [0, 0.1) is 0 Å². The number of fused-ring (bicyclic) bond motifs is 1. The van der Waals surface area contributed by atoms with Crippen LogP contribution in [0.3, 0.4) is 0 Å². The van der Waals surface area contributed by atoms with Crippen LogP contribution in [0.2, 0.25) is 0 Å². The zero-order valence-corrected chi connectivity index (χ0v) is 14.7. The summed E-state index contributed by atoms with van der Waals surface area (Å²) in [6.07, 6.45) is 4.27. The second-order valence-corrected chi connectivity index (χ2v) is 6.81. The summed E-state index contributed by atoms with van der Waals surface area (Å²) in [5, 5.41) is 9.01. The molecule has 1 saturated carbocycles. The zero-order valence-electron chi connectivity index (χ0n) is 14.7. The van der Waals surface area contributed by atoms with Crippen molar-refractivity contribution in [3.05, 3.63) is 29.8 Å². The summed E-state index contributed by atoms with van der Waals surface area (Å²) in [4.78, 5) is 2.51. The van der Waals surface area contributed by atoms with Gasteiger partial charge in [0.05, 0.1) is 32.0 Å². The first-order valence-corrected chi connectivity index (χ1v) is 8.86. The molecule has 0 radical (unpaired) electrons. The average Bonchev–Trinajstić information content (AvgIpc) is 2.99. The molecule has 134 valence electrons. The molecule has 5 heteroatoms. The molecule has 1 N–H and O–H groups in total. The molecule has 1 heterocycles. The average molecular weight is 335 g/mol. The van der Waals surface area contributed by atoms with E-state index in [2.05, 4.69) is 17.0 Å². The van der Waals surface area contributed by atoms with Crippen molar-refractivity contribution < 1.29 is 19.3 Å². The van der Waals surface area contributed by atoms with Crippen LogP contribution < -0.4 is 4.74 Å². The first kappa shape index (κ1) is 17.7. The molecule has 2 unspecified atom stereocenters. The molecule has 0 aromatic heterocycles. The lowest BCUT2D eigenvalue weighted by Gasteiger charge is -2.43. The van der Waals surface area contributed by atoms with Gasteiger partial charge in [0.1, 0.15) is 5.75 Å². The molecule has 1 aromatic rings. The van der Waals surface area contributed by atoms with Gasteiger partial charge in [-0.3, -0.25) is 4.90 Å². The Kier molecular flexibility index (Phi) is 5.76. The lowest BCUT2D eigenvalue weighted by Crippen LogP contribution is -2.51. The van der Waals surface area contributed by atoms with Crippen LogP contribution in [0.1, 0.15) is 31.2 Å². The Labute approximate surface area is 144 Å². The molecule has 0 bridgehead atoms. The predicted octanol–water partition coefficient (Wildman–Crippen LogP) is 2.22. The number of benzene rings is 1. The molecule has 1 aromatic carbocycles. The van der Waals surface area contributed by atoms with Crippen LogP contribution in [0.15, 0.2) is 24.3 Å². The minimum absolute atomic E-state index is 0.0545. The monoisotopic (exact) mass is 335 g/mol. The Morgan fingerprint density at radius 1 is 1.25 bits per heavy atom. The standard InChI is InChI=1S/C19H29NO4/c1-22-17-6-4-3-5-15(17)14-20-10-9-19(23-2)8-7-16(13-18(19)20)24-12-11-21/h3-6,16,18,21H,7-14H2,1-2H3/t16?,18?,19-/m1/s1. The quantitative estimate of drug-likeness (QED) is 0.828. The van der Waals surface area contributed by atoms with E-state index in [1.165, 1.54) is 5.56 Å². The first-order valence-electron chi connectivity index (χ1n) is 8.86. The third-order valence-corrected chi connectivity index (χ3v) is 5.66. The molecule has 24 heavy (non-hydrogen) atoms. The van der Waals surface area contributed by atoms with Gasteiger partial charge in [-0.25, -0.2) is 0 Å². The largest absolute Gasteiger partial charge is 0.496 e. The molecule has 3 rings (SSSR count). The zero-order chi connectivity index (χ0) is 17.0. The van der Waals surface area contributed by atoms with E-state index in [1.54, 1.807) is 7.11 Å². The fourth-order valence-electron chi connectivity index (χ4n) is 4.37. The topological polar surface area (TPSA) is 51.2 Å². The van der Waals surface area contributed by atoms with Gasteiger partial charge in [0.15, 0.2) is 0 Å². The Bertz CT molecular complexity index is 538. The molecule has 1 aliphatic heterocycles. The lowest BCUT2D eigenvalue weighted by molar-refractivity contribution is -0.104. The summed E-state index contributed by atoms with van der Waals surface area (Å²) in [7, 11) is 3.57. The van der Waals surface area contributed by atoms with Gasteiger partial charge in [0, 0.05) is 31.8 Å². The van der Waals surface area contributed by atoms with E-state index in [4.69, 9.17) is 19.3 Å². The van der Waals surface area contributed by atoms with Gasteiger partial charge in [0.2, 0.25) is 0 Å². The second kappa shape index (κ2) is 7.83. The van der Waals surface area contributed by atoms with E-state index in [0.29, 0.717) is 12.6 Å². The number of para-hydroxylation sites is 1. The van der Waals surface area contributed by atoms with Crippen LogP contribution in [0.5, 0.6) is 5.75 Å². The lowest BCUT2D eigenvalue weighted by atomic mass is 9.79. The van der Waals surface area contributed by atoms with Gasteiger partial charge in [-0.15, -0.1) is 0 Å². The molecular weight excluding hydrogens is 306 g/mol. The normalized spacial score (nSPS) is 30.3. The summed E-state index contributed by atoms with van der Waals surface area (Å²) in [6.45, 7) is 2.40. The predicted molar refractivity (Wildman–Crippen MR) is 92.2 cm³/mol. The number of aliphatic hydroxyl groups excluding tert-OH is 1. The molecule has 2 aliphatic rings. The highest BCUT2D eigenvalue weighted by Gasteiger charge is 2.51. The van der Waals surface area contributed by atoms with Crippen molar-refractivity contribution in [3.63, 3.8) is 0 Å². The molecule has 1 saturated heterocycles. The Morgan fingerprint density at radius 3 is 2.83 bits per heavy atom. The van der Waals surface area contributed by atoms with Crippen molar-refractivity contribution in [2.24, 2.45) is 0 Å². The molecule has 2 fully saturated rings. The van der Waals surface area contributed by atoms with Gasteiger partial charge >= 0.3 is 0 Å². The number of likely N-dealkylation sites (tertiary alicyclic amines) is 1. The van der Waals surface area contributed by atoms with E-state index in [-0.39, 0.29) is 18.3 Å². The Balaban J connectivity index is 1.74. The number of nitrogens with zero attached hydrogens (tertiary/aromatic N) is 1. The van der Waals surface area contributed by atoms with Gasteiger partial charge in [-0.2, -0.15) is 0 Å². The molecule has 0 amide bonds. The number of rotatable bonds is 7. The molecular formula is C19H29NO4. The van der Waals surface area contributed by atoms with Crippen LogP contribution >= 0.6 is 0 Å². The Morgan fingerprint density at radius 2 is 2.08 bits per heavy atom. The molecule has 1 aliphatic carbocycles. The summed E-state index contributed by atoms with van der Waals surface area (Å²) in [5.74, 6) is 0.941. The highest BCUT2D eigenvalue weighted by molar-refractivity contribution is 5.33. The highest BCUT2D eigenvalue weighted by atomic mass is 16.5. The van der Waals surface area contributed by atoms with E-state index in [0.717, 1.165) is 44.5 Å². The van der Waals surface area contributed by atoms with Gasteiger partial charge in [-0.1, -0.05) is 18.2 Å². The summed E-state index contributed by atoms with van der Waals surface area (Å²) in [6, 6.07) is 8.57. The fourth-order valence-corrected chi connectivity index (χ4v) is 4.37. The third kappa shape index (κ3) is 3.45. The molecule has 0 spiro atoms. The number of methoxy groups -OCH3 is 2. The number of hydrogen-bond donors (Lipinski definition) is 1. The minimum Gasteiger partial charge on any atom is -0.496 e. The molecule has 5 nitrogen and oxygen atoms in total. The van der Waals surface area contributed by atoms with Crippen LogP contribution in [0.4, 0.5) is 0 Å². The van der Waals surface area contributed by atoms with Crippen LogP contribution in [0.25, 0.3) is 0 Å². The third-order valence-electron chi connectivity index (χ3n) is 5.66. The number of hydrogen-bond acceptors (Lipinski definition) is 5. The molecule has 3 atom stereocenters. The van der Waals surface area contributed by atoms with Crippen molar-refractivity contribution in [1.29, 1.82) is 0 Å². The first-order chi connectivity index (χ1) is 11.7. The van der Waals surface area contributed by atoms with E-state index in [1.807, 2.05) is 19.2 Å². The summed E-state index contributed by atoms with van der Waals surface area (Å²) < 4.78 is 17.3. The van der Waals surface area contributed by atoms with E-state index >= 15 is 0 Å². The van der Waals surface area contributed by atoms with Gasteiger partial charge < -0.3 is 19.3 Å². The maximum absolute atomic E-state index is 9.01. The Hall–Kier alpha value is -1.14. The van der Waals surface area contributed by atoms with E-state index in [9.17, 15) is 0 Å².